The summed E-state index contributed by atoms with van der Waals surface area (Å²) < 4.78 is 6.57. The van der Waals surface area contributed by atoms with Gasteiger partial charge in [0.05, 0.1) is 5.69 Å². The van der Waals surface area contributed by atoms with Gasteiger partial charge in [-0.25, -0.2) is 9.59 Å². The van der Waals surface area contributed by atoms with Crippen LogP contribution in [0, 0.1) is 6.92 Å². The van der Waals surface area contributed by atoms with Gasteiger partial charge in [0, 0.05) is 31.3 Å². The highest BCUT2D eigenvalue weighted by Gasteiger charge is 2.26. The molecule has 1 aliphatic rings. The normalized spacial score (nSPS) is 14.2. The van der Waals surface area contributed by atoms with Crippen molar-refractivity contribution in [3.05, 3.63) is 22.5 Å². The van der Waals surface area contributed by atoms with Crippen molar-refractivity contribution in [2.75, 3.05) is 19.7 Å². The summed E-state index contributed by atoms with van der Waals surface area (Å²) in [7, 11) is 0. The summed E-state index contributed by atoms with van der Waals surface area (Å²) in [6.45, 7) is 4.78. The number of aromatic nitrogens is 2. The van der Waals surface area contributed by atoms with E-state index >= 15 is 0 Å². The Bertz CT molecular complexity index is 699. The molecule has 0 bridgehead atoms. The number of ether oxygens (including phenoxy) is 1. The fourth-order valence-electron chi connectivity index (χ4n) is 2.33. The van der Waals surface area contributed by atoms with Crippen LogP contribution in [0.15, 0.2) is 6.08 Å². The molecule has 0 aromatic carbocycles. The second-order valence-corrected chi connectivity index (χ2v) is 5.94. The van der Waals surface area contributed by atoms with Crippen molar-refractivity contribution in [1.29, 1.82) is 0 Å². The second-order valence-electron chi connectivity index (χ2n) is 5.58. The van der Waals surface area contributed by atoms with Crippen molar-refractivity contribution < 1.29 is 19.1 Å². The first-order chi connectivity index (χ1) is 11.9. The molecule has 0 saturated carbocycles. The fourth-order valence-corrected chi connectivity index (χ4v) is 2.65. The Labute approximate surface area is 150 Å². The van der Waals surface area contributed by atoms with Gasteiger partial charge in [-0.1, -0.05) is 24.9 Å². The van der Waals surface area contributed by atoms with Gasteiger partial charge in [-0.2, -0.15) is 5.10 Å². The summed E-state index contributed by atoms with van der Waals surface area (Å²) in [5, 5.41) is 7.30. The third kappa shape index (κ3) is 4.82. The Morgan fingerprint density at radius 1 is 1.44 bits per heavy atom. The molecule has 1 aromatic rings. The number of unbranched alkanes of at least 4 members (excludes halogenated alkanes) is 1. The molecule has 136 valence electrons. The van der Waals surface area contributed by atoms with E-state index in [1.54, 1.807) is 11.6 Å². The number of aryl methyl sites for hydroxylation is 2. The number of carbonyl (C=O) groups excluding carboxylic acids is 3. The van der Waals surface area contributed by atoms with Gasteiger partial charge in [0.15, 0.2) is 6.61 Å². The minimum absolute atomic E-state index is 0.275. The summed E-state index contributed by atoms with van der Waals surface area (Å²) in [5.41, 5.74) is 1.34. The molecular formula is C16H21ClN4O4. The molecule has 0 unspecified atom stereocenters. The largest absolute Gasteiger partial charge is 0.452 e. The van der Waals surface area contributed by atoms with Crippen molar-refractivity contribution in [3.63, 3.8) is 0 Å². The van der Waals surface area contributed by atoms with Gasteiger partial charge in [-0.15, -0.1) is 0 Å². The number of nitrogens with one attached hydrogen (secondary N) is 1. The maximum atomic E-state index is 11.8. The number of nitrogens with zero attached hydrogens (tertiary/aromatic N) is 3. The van der Waals surface area contributed by atoms with Crippen LogP contribution in [0.4, 0.5) is 4.79 Å². The van der Waals surface area contributed by atoms with E-state index in [1.807, 2.05) is 0 Å². The van der Waals surface area contributed by atoms with Crippen molar-refractivity contribution in [2.45, 2.75) is 33.2 Å². The number of esters is 1. The van der Waals surface area contributed by atoms with Gasteiger partial charge in [0.1, 0.15) is 5.15 Å². The van der Waals surface area contributed by atoms with Crippen molar-refractivity contribution >= 4 is 35.6 Å². The van der Waals surface area contributed by atoms with Gasteiger partial charge in [-0.3, -0.25) is 14.4 Å². The van der Waals surface area contributed by atoms with E-state index < -0.39 is 24.5 Å². The molecule has 25 heavy (non-hydrogen) atoms. The fraction of sp³-hybridized carbons (Fsp3) is 0.500. The van der Waals surface area contributed by atoms with Crippen molar-refractivity contribution in [1.82, 2.24) is 20.0 Å². The van der Waals surface area contributed by atoms with Gasteiger partial charge in [-0.05, 0) is 19.4 Å². The van der Waals surface area contributed by atoms with E-state index in [0.717, 1.165) is 17.7 Å². The molecule has 1 N–H and O–H groups in total. The van der Waals surface area contributed by atoms with E-state index in [9.17, 15) is 14.4 Å². The lowest BCUT2D eigenvalue weighted by molar-refractivity contribution is -0.146. The van der Waals surface area contributed by atoms with E-state index in [-0.39, 0.29) is 6.54 Å². The number of amides is 3. The van der Waals surface area contributed by atoms with Gasteiger partial charge >= 0.3 is 12.0 Å². The number of halogens is 1. The molecule has 0 atom stereocenters. The first-order valence-electron chi connectivity index (χ1n) is 8.10. The van der Waals surface area contributed by atoms with Crippen LogP contribution < -0.4 is 5.32 Å². The zero-order valence-electron chi connectivity index (χ0n) is 14.2. The van der Waals surface area contributed by atoms with Crippen LogP contribution in [0.25, 0.3) is 6.08 Å². The Morgan fingerprint density at radius 3 is 2.84 bits per heavy atom. The Kier molecular flexibility index (Phi) is 6.58. The lowest BCUT2D eigenvalue weighted by Gasteiger charge is -2.11. The van der Waals surface area contributed by atoms with Crippen LogP contribution in [-0.4, -0.2) is 52.3 Å². The van der Waals surface area contributed by atoms with Crippen molar-refractivity contribution in [2.24, 2.45) is 0 Å². The van der Waals surface area contributed by atoms with E-state index in [4.69, 9.17) is 16.3 Å². The molecule has 0 aliphatic carbocycles. The molecular weight excluding hydrogens is 348 g/mol. The Balaban J connectivity index is 1.90. The van der Waals surface area contributed by atoms with E-state index in [2.05, 4.69) is 17.3 Å². The highest BCUT2D eigenvalue weighted by molar-refractivity contribution is 6.31. The van der Waals surface area contributed by atoms with Crippen LogP contribution in [0.5, 0.6) is 0 Å². The smallest absolute Gasteiger partial charge is 0.331 e. The number of hydrogen-bond donors (Lipinski definition) is 1. The average molecular weight is 369 g/mol. The summed E-state index contributed by atoms with van der Waals surface area (Å²) in [6.07, 6.45) is 4.69. The average Bonchev–Trinajstić information content (AvgIpc) is 3.12. The highest BCUT2D eigenvalue weighted by Crippen LogP contribution is 2.21. The number of urea groups is 1. The topological polar surface area (TPSA) is 93.5 Å². The minimum atomic E-state index is -0.690. The first kappa shape index (κ1) is 19.0. The third-order valence-electron chi connectivity index (χ3n) is 3.71. The van der Waals surface area contributed by atoms with Gasteiger partial charge in [0.25, 0.3) is 5.91 Å². The van der Waals surface area contributed by atoms with Crippen LogP contribution in [-0.2, 0) is 20.9 Å². The molecule has 9 heteroatoms. The minimum Gasteiger partial charge on any atom is -0.452 e. The molecule has 2 heterocycles. The van der Waals surface area contributed by atoms with E-state index in [0.29, 0.717) is 29.5 Å². The predicted octanol–water partition coefficient (Wildman–Crippen LogP) is 1.75. The Morgan fingerprint density at radius 2 is 2.20 bits per heavy atom. The van der Waals surface area contributed by atoms with Crippen LogP contribution in [0.1, 0.15) is 31.0 Å². The third-order valence-corrected chi connectivity index (χ3v) is 4.11. The molecule has 1 fully saturated rings. The lowest BCUT2D eigenvalue weighted by atomic mass is 10.2. The summed E-state index contributed by atoms with van der Waals surface area (Å²) in [6, 6.07) is -0.474. The number of hydrogen-bond acceptors (Lipinski definition) is 5. The molecule has 8 nitrogen and oxygen atoms in total. The number of rotatable bonds is 7. The van der Waals surface area contributed by atoms with Crippen LogP contribution in [0.2, 0.25) is 5.15 Å². The zero-order chi connectivity index (χ0) is 18.4. The predicted molar refractivity (Wildman–Crippen MR) is 92.0 cm³/mol. The standard InChI is InChI=1S/C16H21ClN4O4/c1-3-4-8-21-15(17)12(11(2)19-21)5-6-14(23)25-10-13(22)20-9-7-18-16(20)24/h5-6H,3-4,7-10H2,1-2H3,(H,18,24)/b6-5+. The zero-order valence-corrected chi connectivity index (χ0v) is 15.0. The highest BCUT2D eigenvalue weighted by atomic mass is 35.5. The van der Waals surface area contributed by atoms with Gasteiger partial charge in [0.2, 0.25) is 0 Å². The summed E-state index contributed by atoms with van der Waals surface area (Å²) in [5.74, 6) is -1.25. The van der Waals surface area contributed by atoms with Crippen molar-refractivity contribution in [3.8, 4) is 0 Å². The molecule has 0 spiro atoms. The number of carbonyl (C=O) groups is 3. The van der Waals surface area contributed by atoms with Crippen LogP contribution >= 0.6 is 11.6 Å². The molecule has 2 rings (SSSR count). The molecule has 0 radical (unpaired) electrons. The molecule has 1 aliphatic heterocycles. The second kappa shape index (κ2) is 8.66. The number of imide groups is 1. The summed E-state index contributed by atoms with van der Waals surface area (Å²) >= 11 is 6.27. The molecule has 3 amide bonds. The first-order valence-corrected chi connectivity index (χ1v) is 8.47. The lowest BCUT2D eigenvalue weighted by Crippen LogP contribution is -2.37. The summed E-state index contributed by atoms with van der Waals surface area (Å²) in [4.78, 5) is 35.9. The van der Waals surface area contributed by atoms with Crippen LogP contribution in [0.3, 0.4) is 0 Å². The van der Waals surface area contributed by atoms with Gasteiger partial charge < -0.3 is 10.1 Å². The maximum Gasteiger partial charge on any atom is 0.331 e. The molecule has 1 aromatic heterocycles. The monoisotopic (exact) mass is 368 g/mol. The quantitative estimate of drug-likeness (QED) is 0.584. The molecule has 1 saturated heterocycles. The SMILES string of the molecule is CCCCn1nc(C)c(/C=C/C(=O)OCC(=O)N2CCNC2=O)c1Cl. The Hall–Kier alpha value is -2.35. The van der Waals surface area contributed by atoms with E-state index in [1.165, 1.54) is 12.2 Å². The maximum absolute atomic E-state index is 11.8.